The second kappa shape index (κ2) is 4.89. The van der Waals surface area contributed by atoms with Gasteiger partial charge in [-0.25, -0.2) is 4.68 Å². The summed E-state index contributed by atoms with van der Waals surface area (Å²) < 4.78 is 1.62. The molecule has 0 saturated carbocycles. The predicted molar refractivity (Wildman–Crippen MR) is 69.8 cm³/mol. The highest BCUT2D eigenvalue weighted by atomic mass is 15.5. The molecule has 96 valence electrons. The van der Waals surface area contributed by atoms with E-state index >= 15 is 0 Å². The Morgan fingerprint density at radius 2 is 2.32 bits per heavy atom. The van der Waals surface area contributed by atoms with Crippen LogP contribution in [0.4, 0.5) is 5.69 Å². The molecular formula is C12H13N7. The molecule has 0 saturated heterocycles. The molecule has 0 atom stereocenters. The minimum Gasteiger partial charge on any atom is -0.381 e. The molecule has 7 nitrogen and oxygen atoms in total. The van der Waals surface area contributed by atoms with Gasteiger partial charge < -0.3 is 5.32 Å². The van der Waals surface area contributed by atoms with Crippen LogP contribution in [0.3, 0.4) is 0 Å². The minimum absolute atomic E-state index is 0.724. The van der Waals surface area contributed by atoms with E-state index in [0.29, 0.717) is 0 Å². The van der Waals surface area contributed by atoms with Gasteiger partial charge >= 0.3 is 0 Å². The molecule has 0 bridgehead atoms. The first kappa shape index (κ1) is 11.4. The van der Waals surface area contributed by atoms with Crippen molar-refractivity contribution in [2.24, 2.45) is 0 Å². The van der Waals surface area contributed by atoms with Crippen LogP contribution >= 0.6 is 0 Å². The maximum Gasteiger partial charge on any atom is 0.143 e. The van der Waals surface area contributed by atoms with Crippen LogP contribution in [0.15, 0.2) is 36.8 Å². The summed E-state index contributed by atoms with van der Waals surface area (Å²) in [6, 6.07) is 7.90. The third kappa shape index (κ3) is 2.44. The van der Waals surface area contributed by atoms with Crippen molar-refractivity contribution in [1.82, 2.24) is 30.4 Å². The van der Waals surface area contributed by atoms with E-state index < -0.39 is 0 Å². The fourth-order valence-corrected chi connectivity index (χ4v) is 1.79. The van der Waals surface area contributed by atoms with Gasteiger partial charge in [-0.1, -0.05) is 6.07 Å². The Morgan fingerprint density at radius 3 is 3.05 bits per heavy atom. The van der Waals surface area contributed by atoms with Crippen molar-refractivity contribution in [2.45, 2.75) is 13.5 Å². The smallest absolute Gasteiger partial charge is 0.143 e. The van der Waals surface area contributed by atoms with Gasteiger partial charge in [-0.3, -0.25) is 5.10 Å². The van der Waals surface area contributed by atoms with Crippen molar-refractivity contribution < 1.29 is 0 Å². The molecule has 0 amide bonds. The van der Waals surface area contributed by atoms with Gasteiger partial charge in [-0.2, -0.15) is 5.10 Å². The number of tetrazole rings is 1. The van der Waals surface area contributed by atoms with Crippen molar-refractivity contribution in [1.29, 1.82) is 0 Å². The second-order valence-electron chi connectivity index (χ2n) is 4.18. The fraction of sp³-hybridized carbons (Fsp3) is 0.167. The van der Waals surface area contributed by atoms with Crippen molar-refractivity contribution in [2.75, 3.05) is 5.32 Å². The number of hydrogen-bond donors (Lipinski definition) is 2. The van der Waals surface area contributed by atoms with Gasteiger partial charge in [0.1, 0.15) is 6.33 Å². The summed E-state index contributed by atoms with van der Waals surface area (Å²) >= 11 is 0. The summed E-state index contributed by atoms with van der Waals surface area (Å²) in [5, 5.41) is 21.4. The number of aryl methyl sites for hydroxylation is 1. The van der Waals surface area contributed by atoms with Gasteiger partial charge in [0, 0.05) is 23.5 Å². The van der Waals surface area contributed by atoms with E-state index in [-0.39, 0.29) is 0 Å². The molecule has 7 heteroatoms. The molecule has 2 heterocycles. The normalized spacial score (nSPS) is 10.6. The Labute approximate surface area is 109 Å². The lowest BCUT2D eigenvalue weighted by atomic mass is 10.2. The Bertz CT molecular complexity index is 656. The number of rotatable bonds is 4. The maximum atomic E-state index is 4.00. The molecule has 0 unspecified atom stereocenters. The van der Waals surface area contributed by atoms with Crippen molar-refractivity contribution in [3.8, 4) is 5.69 Å². The number of aromatic nitrogens is 6. The van der Waals surface area contributed by atoms with Gasteiger partial charge in [-0.05, 0) is 35.5 Å². The number of aromatic amines is 1. The van der Waals surface area contributed by atoms with E-state index in [2.05, 4.69) is 31.0 Å². The SMILES string of the molecule is Cc1[nH]ncc1CNc1cccc(-n2cnnn2)c1. The molecule has 1 aromatic carbocycles. The lowest BCUT2D eigenvalue weighted by Gasteiger charge is -2.07. The van der Waals surface area contributed by atoms with Crippen LogP contribution in [0.1, 0.15) is 11.3 Å². The van der Waals surface area contributed by atoms with Crippen molar-refractivity contribution in [3.63, 3.8) is 0 Å². The van der Waals surface area contributed by atoms with E-state index in [1.807, 2.05) is 37.4 Å². The molecule has 0 radical (unpaired) electrons. The Balaban J connectivity index is 1.75. The summed E-state index contributed by atoms with van der Waals surface area (Å²) in [6.07, 6.45) is 3.40. The van der Waals surface area contributed by atoms with E-state index in [1.165, 1.54) is 0 Å². The first-order valence-electron chi connectivity index (χ1n) is 5.89. The average Bonchev–Trinajstić information content (AvgIpc) is 3.08. The van der Waals surface area contributed by atoms with Gasteiger partial charge in [0.15, 0.2) is 0 Å². The number of benzene rings is 1. The third-order valence-electron chi connectivity index (χ3n) is 2.88. The van der Waals surface area contributed by atoms with Crippen LogP contribution in [0.5, 0.6) is 0 Å². The fourth-order valence-electron chi connectivity index (χ4n) is 1.79. The molecule has 0 aliphatic heterocycles. The summed E-state index contributed by atoms with van der Waals surface area (Å²) in [6.45, 7) is 2.73. The highest BCUT2D eigenvalue weighted by Gasteiger charge is 2.02. The third-order valence-corrected chi connectivity index (χ3v) is 2.88. The minimum atomic E-state index is 0.724. The van der Waals surface area contributed by atoms with Gasteiger partial charge in [0.05, 0.1) is 11.9 Å². The Kier molecular flexibility index (Phi) is 2.93. The predicted octanol–water partition coefficient (Wildman–Crippen LogP) is 1.31. The summed E-state index contributed by atoms with van der Waals surface area (Å²) in [5.41, 5.74) is 4.14. The monoisotopic (exact) mass is 255 g/mol. The molecule has 0 spiro atoms. The topological polar surface area (TPSA) is 84.3 Å². The molecule has 0 aliphatic rings. The van der Waals surface area contributed by atoms with Crippen LogP contribution in [0, 0.1) is 6.92 Å². The summed E-state index contributed by atoms with van der Waals surface area (Å²) in [7, 11) is 0. The van der Waals surface area contributed by atoms with Crippen LogP contribution in [0.2, 0.25) is 0 Å². The van der Waals surface area contributed by atoms with E-state index in [4.69, 9.17) is 0 Å². The zero-order valence-electron chi connectivity index (χ0n) is 10.4. The van der Waals surface area contributed by atoms with Crippen LogP contribution < -0.4 is 5.32 Å². The van der Waals surface area contributed by atoms with Crippen LogP contribution in [-0.4, -0.2) is 30.4 Å². The standard InChI is InChI=1S/C12H13N7/c1-9-10(7-14-16-9)6-13-11-3-2-4-12(5-11)19-8-15-17-18-19/h2-5,7-8,13H,6H2,1H3,(H,14,16). The second-order valence-corrected chi connectivity index (χ2v) is 4.18. The molecule has 3 rings (SSSR count). The highest BCUT2D eigenvalue weighted by molar-refractivity contribution is 5.51. The maximum absolute atomic E-state index is 4.00. The van der Waals surface area contributed by atoms with Gasteiger partial charge in [0.25, 0.3) is 0 Å². The van der Waals surface area contributed by atoms with Crippen molar-refractivity contribution in [3.05, 3.63) is 48.0 Å². The molecule has 19 heavy (non-hydrogen) atoms. The molecule has 0 aliphatic carbocycles. The molecule has 2 aromatic heterocycles. The quantitative estimate of drug-likeness (QED) is 0.734. The lowest BCUT2D eigenvalue weighted by molar-refractivity contribution is 0.789. The van der Waals surface area contributed by atoms with Crippen molar-refractivity contribution >= 4 is 5.69 Å². The number of H-pyrrole nitrogens is 1. The van der Waals surface area contributed by atoms with E-state index in [9.17, 15) is 0 Å². The first-order valence-corrected chi connectivity index (χ1v) is 5.89. The summed E-state index contributed by atoms with van der Waals surface area (Å²) in [4.78, 5) is 0. The molecular weight excluding hydrogens is 242 g/mol. The van der Waals surface area contributed by atoms with E-state index in [1.54, 1.807) is 11.0 Å². The lowest BCUT2D eigenvalue weighted by Crippen LogP contribution is -2.01. The first-order chi connectivity index (χ1) is 9.33. The number of anilines is 1. The Morgan fingerprint density at radius 1 is 1.37 bits per heavy atom. The molecule has 3 aromatic rings. The van der Waals surface area contributed by atoms with Gasteiger partial charge in [0.2, 0.25) is 0 Å². The van der Waals surface area contributed by atoms with Crippen LogP contribution in [0.25, 0.3) is 5.69 Å². The Hall–Kier alpha value is -2.70. The molecule has 2 N–H and O–H groups in total. The zero-order valence-corrected chi connectivity index (χ0v) is 10.4. The number of nitrogens with zero attached hydrogens (tertiary/aromatic N) is 5. The number of hydrogen-bond acceptors (Lipinski definition) is 5. The van der Waals surface area contributed by atoms with Crippen LogP contribution in [-0.2, 0) is 6.54 Å². The van der Waals surface area contributed by atoms with E-state index in [0.717, 1.165) is 29.2 Å². The average molecular weight is 255 g/mol. The number of nitrogens with one attached hydrogen (secondary N) is 2. The van der Waals surface area contributed by atoms with Gasteiger partial charge in [-0.15, -0.1) is 5.10 Å². The zero-order chi connectivity index (χ0) is 13.1. The largest absolute Gasteiger partial charge is 0.381 e. The molecule has 0 fully saturated rings. The highest BCUT2D eigenvalue weighted by Crippen LogP contribution is 2.14. The summed E-state index contributed by atoms with van der Waals surface area (Å²) in [5.74, 6) is 0.